The van der Waals surface area contributed by atoms with Gasteiger partial charge in [0.05, 0.1) is 31.5 Å². The van der Waals surface area contributed by atoms with Crippen molar-refractivity contribution in [3.05, 3.63) is 29.8 Å². The molecule has 2 N–H and O–H groups in total. The number of nitrogens with one attached hydrogen (secondary N) is 1. The molecule has 0 radical (unpaired) electrons. The molecule has 19 heavy (non-hydrogen) atoms. The van der Waals surface area contributed by atoms with Crippen molar-refractivity contribution in [3.63, 3.8) is 0 Å². The van der Waals surface area contributed by atoms with E-state index in [1.54, 1.807) is 36.2 Å². The summed E-state index contributed by atoms with van der Waals surface area (Å²) in [5, 5.41) is 11.4. The van der Waals surface area contributed by atoms with E-state index in [1.165, 1.54) is 7.11 Å². The molecule has 1 aromatic carbocycles. The second-order valence-electron chi connectivity index (χ2n) is 4.05. The molecule has 0 unspecified atom stereocenters. The van der Waals surface area contributed by atoms with Crippen molar-refractivity contribution in [1.29, 1.82) is 0 Å². The first-order chi connectivity index (χ1) is 9.08. The van der Waals surface area contributed by atoms with Gasteiger partial charge in [0, 0.05) is 6.54 Å². The lowest BCUT2D eigenvalue weighted by molar-refractivity contribution is -0.117. The number of esters is 1. The Kier molecular flexibility index (Phi) is 5.98. The molecular weight excluding hydrogens is 248 g/mol. The summed E-state index contributed by atoms with van der Waals surface area (Å²) in [6.07, 6.45) is 0. The monoisotopic (exact) mass is 266 g/mol. The van der Waals surface area contributed by atoms with Gasteiger partial charge in [-0.1, -0.05) is 12.1 Å². The quantitative estimate of drug-likeness (QED) is 0.726. The highest BCUT2D eigenvalue weighted by Crippen LogP contribution is 2.15. The molecule has 104 valence electrons. The second-order valence-corrected chi connectivity index (χ2v) is 4.05. The molecule has 0 aliphatic carbocycles. The van der Waals surface area contributed by atoms with Crippen LogP contribution in [0.2, 0.25) is 0 Å². The minimum Gasteiger partial charge on any atom is -0.465 e. The van der Waals surface area contributed by atoms with Gasteiger partial charge in [-0.05, 0) is 19.2 Å². The number of ether oxygens (including phenoxy) is 1. The number of methoxy groups -OCH3 is 1. The van der Waals surface area contributed by atoms with Gasteiger partial charge in [-0.25, -0.2) is 4.79 Å². The van der Waals surface area contributed by atoms with Crippen LogP contribution in [-0.2, 0) is 9.53 Å². The zero-order valence-electron chi connectivity index (χ0n) is 11.0. The average molecular weight is 266 g/mol. The maximum atomic E-state index is 11.8. The van der Waals surface area contributed by atoms with Crippen LogP contribution in [0.3, 0.4) is 0 Å². The highest BCUT2D eigenvalue weighted by molar-refractivity contribution is 6.01. The van der Waals surface area contributed by atoms with Gasteiger partial charge in [0.1, 0.15) is 0 Å². The molecular formula is C13H18N2O4. The van der Waals surface area contributed by atoms with Gasteiger partial charge in [0.2, 0.25) is 5.91 Å². The number of hydrogen-bond acceptors (Lipinski definition) is 5. The Balaban J connectivity index is 2.71. The smallest absolute Gasteiger partial charge is 0.339 e. The van der Waals surface area contributed by atoms with Crippen LogP contribution in [0.1, 0.15) is 10.4 Å². The molecule has 1 rings (SSSR count). The van der Waals surface area contributed by atoms with Crippen molar-refractivity contribution < 1.29 is 19.4 Å². The molecule has 6 heteroatoms. The van der Waals surface area contributed by atoms with E-state index in [1.807, 2.05) is 0 Å². The van der Waals surface area contributed by atoms with E-state index in [2.05, 4.69) is 10.1 Å². The minimum atomic E-state index is -0.500. The fourth-order valence-corrected chi connectivity index (χ4v) is 1.56. The van der Waals surface area contributed by atoms with E-state index in [-0.39, 0.29) is 19.1 Å². The lowest BCUT2D eigenvalue weighted by atomic mass is 10.2. The van der Waals surface area contributed by atoms with E-state index in [9.17, 15) is 9.59 Å². The van der Waals surface area contributed by atoms with Crippen molar-refractivity contribution in [1.82, 2.24) is 4.90 Å². The normalized spacial score (nSPS) is 10.3. The summed E-state index contributed by atoms with van der Waals surface area (Å²) in [5.74, 6) is -0.757. The molecule has 1 aromatic rings. The van der Waals surface area contributed by atoms with Crippen molar-refractivity contribution in [2.24, 2.45) is 0 Å². The SMILES string of the molecule is COC(=O)c1ccccc1NC(=O)CN(C)CCO. The van der Waals surface area contributed by atoms with Crippen LogP contribution in [0.25, 0.3) is 0 Å². The first-order valence-corrected chi connectivity index (χ1v) is 5.85. The number of aliphatic hydroxyl groups excluding tert-OH is 1. The van der Waals surface area contributed by atoms with Crippen LogP contribution >= 0.6 is 0 Å². The van der Waals surface area contributed by atoms with E-state index >= 15 is 0 Å². The Bertz CT molecular complexity index is 448. The number of para-hydroxylation sites is 1. The minimum absolute atomic E-state index is 0.0114. The number of aliphatic hydroxyl groups is 1. The van der Waals surface area contributed by atoms with Crippen molar-refractivity contribution in [3.8, 4) is 0 Å². The number of amides is 1. The largest absolute Gasteiger partial charge is 0.465 e. The first kappa shape index (κ1) is 15.1. The standard InChI is InChI=1S/C13H18N2O4/c1-15(7-8-16)9-12(17)14-11-6-4-3-5-10(11)13(18)19-2/h3-6,16H,7-9H2,1-2H3,(H,14,17). The van der Waals surface area contributed by atoms with Crippen LogP contribution in [0.5, 0.6) is 0 Å². The zero-order chi connectivity index (χ0) is 14.3. The molecule has 0 heterocycles. The summed E-state index contributed by atoms with van der Waals surface area (Å²) in [7, 11) is 3.01. The Morgan fingerprint density at radius 2 is 2.05 bits per heavy atom. The predicted molar refractivity (Wildman–Crippen MR) is 71.0 cm³/mol. The third-order valence-corrected chi connectivity index (χ3v) is 2.50. The Hall–Kier alpha value is -1.92. The second kappa shape index (κ2) is 7.50. The van der Waals surface area contributed by atoms with Gasteiger partial charge in [-0.2, -0.15) is 0 Å². The molecule has 0 atom stereocenters. The summed E-state index contributed by atoms with van der Waals surface area (Å²) in [6.45, 7) is 0.532. The molecule has 6 nitrogen and oxygen atoms in total. The molecule has 0 aliphatic heterocycles. The van der Waals surface area contributed by atoms with Gasteiger partial charge in [0.25, 0.3) is 0 Å². The van der Waals surface area contributed by atoms with E-state index in [4.69, 9.17) is 5.11 Å². The van der Waals surface area contributed by atoms with Crippen molar-refractivity contribution in [2.75, 3.05) is 39.2 Å². The van der Waals surface area contributed by atoms with Gasteiger partial charge >= 0.3 is 5.97 Å². The lowest BCUT2D eigenvalue weighted by Gasteiger charge is -2.15. The molecule has 1 amide bonds. The highest BCUT2D eigenvalue weighted by atomic mass is 16.5. The number of carbonyl (C=O) groups excluding carboxylic acids is 2. The van der Waals surface area contributed by atoms with Crippen molar-refractivity contribution >= 4 is 17.6 Å². The van der Waals surface area contributed by atoms with Gasteiger partial charge < -0.3 is 15.2 Å². The molecule has 0 saturated heterocycles. The first-order valence-electron chi connectivity index (χ1n) is 5.85. The number of carbonyl (C=O) groups is 2. The summed E-state index contributed by atoms with van der Waals surface area (Å²) in [5.41, 5.74) is 0.722. The number of benzene rings is 1. The number of anilines is 1. The van der Waals surface area contributed by atoms with Gasteiger partial charge in [0.15, 0.2) is 0 Å². The lowest BCUT2D eigenvalue weighted by Crippen LogP contribution is -2.32. The third kappa shape index (κ3) is 4.69. The van der Waals surface area contributed by atoms with Crippen LogP contribution in [0.15, 0.2) is 24.3 Å². The van der Waals surface area contributed by atoms with Crippen LogP contribution in [-0.4, -0.2) is 55.7 Å². The molecule has 0 bridgehead atoms. The summed E-state index contributed by atoms with van der Waals surface area (Å²) in [4.78, 5) is 25.0. The fourth-order valence-electron chi connectivity index (χ4n) is 1.56. The number of hydrogen-bond donors (Lipinski definition) is 2. The van der Waals surface area contributed by atoms with E-state index in [0.717, 1.165) is 0 Å². The Morgan fingerprint density at radius 3 is 2.68 bits per heavy atom. The van der Waals surface area contributed by atoms with Crippen LogP contribution < -0.4 is 5.32 Å². The van der Waals surface area contributed by atoms with E-state index < -0.39 is 5.97 Å². The van der Waals surface area contributed by atoms with Crippen LogP contribution in [0.4, 0.5) is 5.69 Å². The van der Waals surface area contributed by atoms with Crippen LogP contribution in [0, 0.1) is 0 Å². The Morgan fingerprint density at radius 1 is 1.37 bits per heavy atom. The number of rotatable bonds is 6. The number of nitrogens with zero attached hydrogens (tertiary/aromatic N) is 1. The topological polar surface area (TPSA) is 78.9 Å². The average Bonchev–Trinajstić information content (AvgIpc) is 2.38. The molecule has 0 fully saturated rings. The van der Waals surface area contributed by atoms with Gasteiger partial charge in [-0.3, -0.25) is 9.69 Å². The predicted octanol–water partition coefficient (Wildman–Crippen LogP) is 0.336. The Labute approximate surface area is 112 Å². The zero-order valence-corrected chi connectivity index (χ0v) is 11.0. The van der Waals surface area contributed by atoms with Crippen molar-refractivity contribution in [2.45, 2.75) is 0 Å². The maximum absolute atomic E-state index is 11.8. The van der Waals surface area contributed by atoms with E-state index in [0.29, 0.717) is 17.8 Å². The molecule has 0 saturated carbocycles. The molecule has 0 aromatic heterocycles. The molecule has 0 spiro atoms. The molecule has 0 aliphatic rings. The summed E-state index contributed by atoms with van der Waals surface area (Å²) < 4.78 is 4.64. The third-order valence-electron chi connectivity index (χ3n) is 2.50. The summed E-state index contributed by atoms with van der Waals surface area (Å²) in [6, 6.07) is 6.63. The number of likely N-dealkylation sites (N-methyl/N-ethyl adjacent to an activating group) is 1. The van der Waals surface area contributed by atoms with Gasteiger partial charge in [-0.15, -0.1) is 0 Å². The maximum Gasteiger partial charge on any atom is 0.339 e. The highest BCUT2D eigenvalue weighted by Gasteiger charge is 2.13. The fraction of sp³-hybridized carbons (Fsp3) is 0.385. The summed E-state index contributed by atoms with van der Waals surface area (Å²) >= 11 is 0.